The first-order chi connectivity index (χ1) is 12.0. The molecule has 0 radical (unpaired) electrons. The summed E-state index contributed by atoms with van der Waals surface area (Å²) >= 11 is 0. The first-order valence-electron chi connectivity index (χ1n) is 8.65. The van der Waals surface area contributed by atoms with Gasteiger partial charge in [-0.05, 0) is 49.1 Å². The largest absolute Gasteiger partial charge is 0.481 e. The Hall–Kier alpha value is -2.75. The second-order valence-corrected chi connectivity index (χ2v) is 6.92. The first-order valence-corrected chi connectivity index (χ1v) is 8.65. The fourth-order valence-electron chi connectivity index (χ4n) is 4.03. The van der Waals surface area contributed by atoms with E-state index in [1.165, 1.54) is 16.8 Å². The number of anilines is 1. The van der Waals surface area contributed by atoms with Gasteiger partial charge in [0.1, 0.15) is 0 Å². The average molecular weight is 334 g/mol. The molecule has 0 bridgehead atoms. The van der Waals surface area contributed by atoms with Crippen LogP contribution in [0.3, 0.4) is 0 Å². The predicted octanol–water partition coefficient (Wildman–Crippen LogP) is 4.29. The Balaban J connectivity index is 2.13. The van der Waals surface area contributed by atoms with Crippen LogP contribution in [0.5, 0.6) is 0 Å². The van der Waals surface area contributed by atoms with Crippen LogP contribution in [0.25, 0.3) is 22.0 Å². The quantitative estimate of drug-likeness (QED) is 0.751. The van der Waals surface area contributed by atoms with Gasteiger partial charge < -0.3 is 15.0 Å². The normalized spacial score (nSPS) is 13.1. The molecular formula is C21H22N2O2. The molecule has 0 saturated carbocycles. The molecule has 0 amide bonds. The van der Waals surface area contributed by atoms with E-state index in [-0.39, 0.29) is 6.42 Å². The van der Waals surface area contributed by atoms with E-state index in [2.05, 4.69) is 54.1 Å². The molecule has 0 fully saturated rings. The third-order valence-corrected chi connectivity index (χ3v) is 5.25. The molecule has 0 aliphatic carbocycles. The van der Waals surface area contributed by atoms with Gasteiger partial charge in [-0.15, -0.1) is 0 Å². The fraction of sp³-hybridized carbons (Fsp3) is 0.286. The van der Waals surface area contributed by atoms with Crippen LogP contribution in [-0.2, 0) is 17.8 Å². The highest BCUT2D eigenvalue weighted by Gasteiger charge is 2.24. The van der Waals surface area contributed by atoms with E-state index in [0.717, 1.165) is 46.4 Å². The maximum absolute atomic E-state index is 11.6. The van der Waals surface area contributed by atoms with E-state index in [9.17, 15) is 9.90 Å². The van der Waals surface area contributed by atoms with Gasteiger partial charge in [-0.25, -0.2) is 0 Å². The number of carbonyl (C=O) groups is 1. The van der Waals surface area contributed by atoms with Crippen molar-refractivity contribution in [3.05, 3.63) is 52.7 Å². The topological polar surface area (TPSA) is 54.3 Å². The monoisotopic (exact) mass is 334 g/mol. The van der Waals surface area contributed by atoms with Crippen molar-refractivity contribution in [3.63, 3.8) is 0 Å². The Labute approximate surface area is 147 Å². The van der Waals surface area contributed by atoms with Crippen molar-refractivity contribution in [2.24, 2.45) is 0 Å². The Bertz CT molecular complexity index is 997. The lowest BCUT2D eigenvalue weighted by Gasteiger charge is -2.25. The number of aromatic nitrogens is 1. The molecule has 0 atom stereocenters. The third kappa shape index (κ3) is 2.40. The summed E-state index contributed by atoms with van der Waals surface area (Å²) in [7, 11) is 0. The SMILES string of the molecule is Cc1ccc(-c2c(CC(=O)O)c(C)c3c4c2cc(C)n4CCN3)cc1. The number of hydrogen-bond donors (Lipinski definition) is 2. The summed E-state index contributed by atoms with van der Waals surface area (Å²) in [5, 5.41) is 14.1. The number of rotatable bonds is 3. The van der Waals surface area contributed by atoms with Crippen molar-refractivity contribution in [1.29, 1.82) is 0 Å². The van der Waals surface area contributed by atoms with Crippen molar-refractivity contribution >= 4 is 22.6 Å². The molecule has 4 rings (SSSR count). The van der Waals surface area contributed by atoms with E-state index < -0.39 is 5.97 Å². The molecule has 0 saturated heterocycles. The zero-order valence-corrected chi connectivity index (χ0v) is 14.8. The lowest BCUT2D eigenvalue weighted by Crippen LogP contribution is -2.19. The predicted molar refractivity (Wildman–Crippen MR) is 101 cm³/mol. The minimum Gasteiger partial charge on any atom is -0.481 e. The van der Waals surface area contributed by atoms with Crippen molar-refractivity contribution in [2.75, 3.05) is 11.9 Å². The van der Waals surface area contributed by atoms with Crippen molar-refractivity contribution in [3.8, 4) is 11.1 Å². The molecular weight excluding hydrogens is 312 g/mol. The van der Waals surface area contributed by atoms with Crippen LogP contribution in [0.1, 0.15) is 22.4 Å². The van der Waals surface area contributed by atoms with Crippen molar-refractivity contribution in [2.45, 2.75) is 33.7 Å². The van der Waals surface area contributed by atoms with Gasteiger partial charge in [0.15, 0.2) is 0 Å². The highest BCUT2D eigenvalue weighted by Crippen LogP contribution is 2.42. The Morgan fingerprint density at radius 2 is 1.92 bits per heavy atom. The second kappa shape index (κ2) is 5.66. The summed E-state index contributed by atoms with van der Waals surface area (Å²) in [6.45, 7) is 8.03. The van der Waals surface area contributed by atoms with E-state index in [1.54, 1.807) is 0 Å². The van der Waals surface area contributed by atoms with Gasteiger partial charge in [0.2, 0.25) is 0 Å². The molecule has 1 aromatic heterocycles. The number of hydrogen-bond acceptors (Lipinski definition) is 2. The molecule has 1 aliphatic rings. The second-order valence-electron chi connectivity index (χ2n) is 6.92. The molecule has 1 aliphatic heterocycles. The molecule has 2 aromatic carbocycles. The summed E-state index contributed by atoms with van der Waals surface area (Å²) in [4.78, 5) is 11.6. The van der Waals surface area contributed by atoms with E-state index in [1.807, 2.05) is 6.92 Å². The lowest BCUT2D eigenvalue weighted by atomic mass is 9.89. The number of nitrogens with zero attached hydrogens (tertiary/aromatic N) is 1. The van der Waals surface area contributed by atoms with Crippen LogP contribution < -0.4 is 5.32 Å². The van der Waals surface area contributed by atoms with Crippen LogP contribution in [0.2, 0.25) is 0 Å². The van der Waals surface area contributed by atoms with Crippen LogP contribution in [0.15, 0.2) is 30.3 Å². The Morgan fingerprint density at radius 3 is 2.60 bits per heavy atom. The highest BCUT2D eigenvalue weighted by atomic mass is 16.4. The summed E-state index contributed by atoms with van der Waals surface area (Å²) in [5.74, 6) is -0.796. The maximum Gasteiger partial charge on any atom is 0.307 e. The average Bonchev–Trinajstić information content (AvgIpc) is 2.91. The summed E-state index contributed by atoms with van der Waals surface area (Å²) in [6.07, 6.45) is 0.0316. The summed E-state index contributed by atoms with van der Waals surface area (Å²) < 4.78 is 2.34. The van der Waals surface area contributed by atoms with Gasteiger partial charge in [0.25, 0.3) is 0 Å². The van der Waals surface area contributed by atoms with Gasteiger partial charge in [-0.2, -0.15) is 0 Å². The first kappa shape index (κ1) is 15.8. The molecule has 2 N–H and O–H groups in total. The molecule has 4 heteroatoms. The molecule has 25 heavy (non-hydrogen) atoms. The minimum absolute atomic E-state index is 0.0316. The van der Waals surface area contributed by atoms with Gasteiger partial charge in [0, 0.05) is 24.2 Å². The van der Waals surface area contributed by atoms with Crippen molar-refractivity contribution < 1.29 is 9.90 Å². The third-order valence-electron chi connectivity index (χ3n) is 5.25. The number of aliphatic carboxylic acids is 1. The zero-order chi connectivity index (χ0) is 17.7. The summed E-state index contributed by atoms with van der Waals surface area (Å²) in [6, 6.07) is 10.6. The molecule has 3 aromatic rings. The molecule has 128 valence electrons. The van der Waals surface area contributed by atoms with E-state index in [4.69, 9.17) is 0 Å². The molecule has 2 heterocycles. The van der Waals surface area contributed by atoms with Crippen LogP contribution >= 0.6 is 0 Å². The molecule has 0 unspecified atom stereocenters. The van der Waals surface area contributed by atoms with E-state index >= 15 is 0 Å². The van der Waals surface area contributed by atoms with Crippen LogP contribution in [0, 0.1) is 20.8 Å². The fourth-order valence-corrected chi connectivity index (χ4v) is 4.03. The lowest BCUT2D eigenvalue weighted by molar-refractivity contribution is -0.136. The van der Waals surface area contributed by atoms with Crippen molar-refractivity contribution in [1.82, 2.24) is 4.57 Å². The Morgan fingerprint density at radius 1 is 1.20 bits per heavy atom. The highest BCUT2D eigenvalue weighted by molar-refractivity contribution is 6.07. The Kier molecular flexibility index (Phi) is 3.57. The number of nitrogens with one attached hydrogen (secondary N) is 1. The smallest absolute Gasteiger partial charge is 0.307 e. The van der Waals surface area contributed by atoms with Crippen LogP contribution in [-0.4, -0.2) is 22.2 Å². The maximum atomic E-state index is 11.6. The van der Waals surface area contributed by atoms with Gasteiger partial charge >= 0.3 is 5.97 Å². The standard InChI is InChI=1S/C21H22N2O2/c1-12-4-6-15(7-5-12)19-16(11-18(24)25)14(3)20-21-17(19)10-13(2)23(21)9-8-22-20/h4-7,10,22H,8-9,11H2,1-3H3,(H,24,25). The molecule has 4 nitrogen and oxygen atoms in total. The van der Waals surface area contributed by atoms with E-state index in [0.29, 0.717) is 0 Å². The zero-order valence-electron chi connectivity index (χ0n) is 14.8. The number of carboxylic acids is 1. The van der Waals surface area contributed by atoms with Gasteiger partial charge in [-0.1, -0.05) is 29.8 Å². The minimum atomic E-state index is -0.796. The number of benzene rings is 2. The van der Waals surface area contributed by atoms with Gasteiger partial charge in [-0.3, -0.25) is 4.79 Å². The summed E-state index contributed by atoms with van der Waals surface area (Å²) in [5.41, 5.74) is 8.80. The van der Waals surface area contributed by atoms with Crippen LogP contribution in [0.4, 0.5) is 5.69 Å². The molecule has 0 spiro atoms. The van der Waals surface area contributed by atoms with Gasteiger partial charge in [0.05, 0.1) is 17.6 Å². The number of aryl methyl sites for hydroxylation is 2. The number of carboxylic acid groups (broad SMARTS) is 1.